The van der Waals surface area contributed by atoms with E-state index < -0.39 is 17.8 Å². The summed E-state index contributed by atoms with van der Waals surface area (Å²) in [7, 11) is 0. The standard InChI is InChI=1S/C17H18F3NO/c1-11-4-3-5-12(2)16(11)22-10-15(21)13-6-8-14(9-7-13)17(18,19)20/h3-9,15H,10,21H2,1-2H3. The number of hydrogen-bond donors (Lipinski definition) is 1. The SMILES string of the molecule is Cc1cccc(C)c1OCC(N)c1ccc(C(F)(F)F)cc1. The van der Waals surface area contributed by atoms with E-state index in [1.165, 1.54) is 12.1 Å². The van der Waals surface area contributed by atoms with Gasteiger partial charge in [0.25, 0.3) is 0 Å². The van der Waals surface area contributed by atoms with E-state index in [0.29, 0.717) is 5.56 Å². The van der Waals surface area contributed by atoms with Crippen LogP contribution in [0.15, 0.2) is 42.5 Å². The smallest absolute Gasteiger partial charge is 0.416 e. The van der Waals surface area contributed by atoms with Crippen molar-refractivity contribution >= 4 is 0 Å². The van der Waals surface area contributed by atoms with E-state index in [2.05, 4.69) is 0 Å². The van der Waals surface area contributed by atoms with E-state index in [-0.39, 0.29) is 6.61 Å². The van der Waals surface area contributed by atoms with Gasteiger partial charge in [0.05, 0.1) is 11.6 Å². The molecule has 0 aliphatic carbocycles. The number of aryl methyl sites for hydroxylation is 2. The van der Waals surface area contributed by atoms with E-state index >= 15 is 0 Å². The summed E-state index contributed by atoms with van der Waals surface area (Å²) < 4.78 is 43.3. The van der Waals surface area contributed by atoms with Gasteiger partial charge >= 0.3 is 6.18 Å². The first-order chi connectivity index (χ1) is 10.3. The number of ether oxygens (including phenoxy) is 1. The second kappa shape index (κ2) is 6.40. The minimum atomic E-state index is -4.34. The van der Waals surface area contributed by atoms with Crippen LogP contribution in [-0.4, -0.2) is 6.61 Å². The van der Waals surface area contributed by atoms with Gasteiger partial charge in [-0.3, -0.25) is 0 Å². The third kappa shape index (κ3) is 3.80. The van der Waals surface area contributed by atoms with E-state index in [0.717, 1.165) is 29.0 Å². The number of para-hydroxylation sites is 1. The summed E-state index contributed by atoms with van der Waals surface area (Å²) in [5.41, 5.74) is 7.92. The number of benzene rings is 2. The molecule has 2 rings (SSSR count). The molecular weight excluding hydrogens is 291 g/mol. The van der Waals surface area contributed by atoms with Gasteiger partial charge in [0.1, 0.15) is 12.4 Å². The highest BCUT2D eigenvalue weighted by molar-refractivity contribution is 5.39. The normalized spacial score (nSPS) is 13.0. The van der Waals surface area contributed by atoms with Crippen molar-refractivity contribution in [3.63, 3.8) is 0 Å². The first kappa shape index (κ1) is 16.4. The molecule has 22 heavy (non-hydrogen) atoms. The van der Waals surface area contributed by atoms with Crippen molar-refractivity contribution in [1.82, 2.24) is 0 Å². The molecule has 0 saturated carbocycles. The van der Waals surface area contributed by atoms with Gasteiger partial charge in [0.15, 0.2) is 0 Å². The van der Waals surface area contributed by atoms with Gasteiger partial charge in [0, 0.05) is 0 Å². The fourth-order valence-electron chi connectivity index (χ4n) is 2.22. The fourth-order valence-corrected chi connectivity index (χ4v) is 2.22. The molecule has 0 aliphatic heterocycles. The van der Waals surface area contributed by atoms with Crippen molar-refractivity contribution in [2.24, 2.45) is 5.73 Å². The quantitative estimate of drug-likeness (QED) is 0.908. The topological polar surface area (TPSA) is 35.2 Å². The predicted octanol–water partition coefficient (Wildman–Crippen LogP) is 4.40. The van der Waals surface area contributed by atoms with Crippen LogP contribution in [0.5, 0.6) is 5.75 Å². The van der Waals surface area contributed by atoms with Gasteiger partial charge < -0.3 is 10.5 Å². The molecule has 0 amide bonds. The lowest BCUT2D eigenvalue weighted by Gasteiger charge is -2.17. The Balaban J connectivity index is 2.05. The molecule has 0 heterocycles. The van der Waals surface area contributed by atoms with E-state index in [1.807, 2.05) is 32.0 Å². The average molecular weight is 309 g/mol. The Morgan fingerprint density at radius 2 is 1.55 bits per heavy atom. The summed E-state index contributed by atoms with van der Waals surface area (Å²) in [6.45, 7) is 4.08. The highest BCUT2D eigenvalue weighted by atomic mass is 19.4. The maximum absolute atomic E-state index is 12.5. The fraction of sp³-hybridized carbons (Fsp3) is 0.294. The van der Waals surface area contributed by atoms with Crippen LogP contribution in [0.1, 0.15) is 28.3 Å². The third-order valence-corrected chi connectivity index (χ3v) is 3.48. The van der Waals surface area contributed by atoms with E-state index in [4.69, 9.17) is 10.5 Å². The van der Waals surface area contributed by atoms with Crippen molar-refractivity contribution < 1.29 is 17.9 Å². The number of hydrogen-bond acceptors (Lipinski definition) is 2. The van der Waals surface area contributed by atoms with Crippen molar-refractivity contribution in [2.45, 2.75) is 26.1 Å². The summed E-state index contributed by atoms with van der Waals surface area (Å²) in [6, 6.07) is 10.2. The minimum Gasteiger partial charge on any atom is -0.491 e. The molecule has 0 radical (unpaired) electrons. The second-order valence-corrected chi connectivity index (χ2v) is 5.26. The highest BCUT2D eigenvalue weighted by Gasteiger charge is 2.30. The van der Waals surface area contributed by atoms with Crippen LogP contribution in [0.25, 0.3) is 0 Å². The summed E-state index contributed by atoms with van der Waals surface area (Å²) in [4.78, 5) is 0. The molecule has 1 atom stereocenters. The zero-order valence-corrected chi connectivity index (χ0v) is 12.4. The average Bonchev–Trinajstić information content (AvgIpc) is 2.46. The minimum absolute atomic E-state index is 0.205. The van der Waals surface area contributed by atoms with Crippen molar-refractivity contribution in [3.05, 3.63) is 64.7 Å². The molecule has 2 aromatic carbocycles. The lowest BCUT2D eigenvalue weighted by molar-refractivity contribution is -0.137. The number of rotatable bonds is 4. The molecule has 118 valence electrons. The molecule has 2 N–H and O–H groups in total. The van der Waals surface area contributed by atoms with Crippen LogP contribution in [0.2, 0.25) is 0 Å². The Labute approximate surface area is 127 Å². The molecule has 0 fully saturated rings. The van der Waals surface area contributed by atoms with Gasteiger partial charge in [-0.1, -0.05) is 30.3 Å². The van der Waals surface area contributed by atoms with Crippen LogP contribution in [0.3, 0.4) is 0 Å². The first-order valence-electron chi connectivity index (χ1n) is 6.91. The molecular formula is C17H18F3NO. The van der Waals surface area contributed by atoms with Gasteiger partial charge in [0.2, 0.25) is 0 Å². The van der Waals surface area contributed by atoms with E-state index in [1.54, 1.807) is 0 Å². The molecule has 2 aromatic rings. The Bertz CT molecular complexity index is 615. The predicted molar refractivity (Wildman–Crippen MR) is 79.8 cm³/mol. The van der Waals surface area contributed by atoms with Crippen molar-refractivity contribution in [3.8, 4) is 5.75 Å². The van der Waals surface area contributed by atoms with Crippen LogP contribution in [0, 0.1) is 13.8 Å². The van der Waals surface area contributed by atoms with Crippen molar-refractivity contribution in [2.75, 3.05) is 6.61 Å². The first-order valence-corrected chi connectivity index (χ1v) is 6.91. The second-order valence-electron chi connectivity index (χ2n) is 5.26. The third-order valence-electron chi connectivity index (χ3n) is 3.48. The molecule has 0 spiro atoms. The summed E-state index contributed by atoms with van der Waals surface area (Å²) in [5.74, 6) is 0.768. The monoisotopic (exact) mass is 309 g/mol. The summed E-state index contributed by atoms with van der Waals surface area (Å²) >= 11 is 0. The van der Waals surface area contributed by atoms with Gasteiger partial charge in [-0.15, -0.1) is 0 Å². The van der Waals surface area contributed by atoms with Crippen LogP contribution in [0.4, 0.5) is 13.2 Å². The Kier molecular flexibility index (Phi) is 4.76. The molecule has 5 heteroatoms. The summed E-state index contributed by atoms with van der Waals surface area (Å²) in [5, 5.41) is 0. The Morgan fingerprint density at radius 1 is 1.00 bits per heavy atom. The molecule has 0 aliphatic rings. The zero-order valence-electron chi connectivity index (χ0n) is 12.4. The molecule has 0 saturated heterocycles. The molecule has 0 aromatic heterocycles. The van der Waals surface area contributed by atoms with Crippen LogP contribution < -0.4 is 10.5 Å². The van der Waals surface area contributed by atoms with Gasteiger partial charge in [-0.25, -0.2) is 0 Å². The number of halogens is 3. The van der Waals surface area contributed by atoms with Crippen LogP contribution >= 0.6 is 0 Å². The number of nitrogens with two attached hydrogens (primary N) is 1. The molecule has 0 bridgehead atoms. The van der Waals surface area contributed by atoms with Gasteiger partial charge in [-0.05, 0) is 42.7 Å². The highest BCUT2D eigenvalue weighted by Crippen LogP contribution is 2.30. The van der Waals surface area contributed by atoms with Crippen LogP contribution in [-0.2, 0) is 6.18 Å². The van der Waals surface area contributed by atoms with Gasteiger partial charge in [-0.2, -0.15) is 13.2 Å². The molecule has 1 unspecified atom stereocenters. The zero-order chi connectivity index (χ0) is 16.3. The maximum Gasteiger partial charge on any atom is 0.416 e. The molecule has 2 nitrogen and oxygen atoms in total. The number of alkyl halides is 3. The maximum atomic E-state index is 12.5. The largest absolute Gasteiger partial charge is 0.491 e. The van der Waals surface area contributed by atoms with E-state index in [9.17, 15) is 13.2 Å². The summed E-state index contributed by atoms with van der Waals surface area (Å²) in [6.07, 6.45) is -4.34. The lowest BCUT2D eigenvalue weighted by Crippen LogP contribution is -2.19. The van der Waals surface area contributed by atoms with Crippen molar-refractivity contribution in [1.29, 1.82) is 0 Å². The Morgan fingerprint density at radius 3 is 2.05 bits per heavy atom. The Hall–Kier alpha value is -2.01. The lowest BCUT2D eigenvalue weighted by atomic mass is 10.1.